The predicted molar refractivity (Wildman–Crippen MR) is 75.0 cm³/mol. The molecule has 0 aliphatic rings. The van der Waals surface area contributed by atoms with Crippen molar-refractivity contribution in [2.24, 2.45) is 5.92 Å². The zero-order valence-electron chi connectivity index (χ0n) is 11.5. The molecule has 0 atom stereocenters. The molecule has 100 valence electrons. The van der Waals surface area contributed by atoms with Crippen molar-refractivity contribution in [3.8, 4) is 0 Å². The molecule has 18 heavy (non-hydrogen) atoms. The van der Waals surface area contributed by atoms with Crippen molar-refractivity contribution in [1.29, 1.82) is 0 Å². The maximum atomic E-state index is 11.7. The van der Waals surface area contributed by atoms with Crippen LogP contribution in [-0.4, -0.2) is 19.1 Å². The topological polar surface area (TPSA) is 38.3 Å². The molecule has 1 N–H and O–H groups in total. The van der Waals surface area contributed by atoms with Gasteiger partial charge in [-0.25, -0.2) is 0 Å². The molecule has 0 saturated heterocycles. The maximum absolute atomic E-state index is 11.7. The van der Waals surface area contributed by atoms with E-state index in [1.807, 2.05) is 31.2 Å². The quantitative estimate of drug-likeness (QED) is 0.433. The smallest absolute Gasteiger partial charge is 0.164 e. The van der Waals surface area contributed by atoms with Crippen LogP contribution < -0.4 is 5.32 Å². The van der Waals surface area contributed by atoms with Crippen LogP contribution in [0.2, 0.25) is 0 Å². The Balaban J connectivity index is 2.44. The lowest BCUT2D eigenvalue weighted by Crippen LogP contribution is -2.11. The third-order valence-electron chi connectivity index (χ3n) is 2.75. The van der Waals surface area contributed by atoms with Crippen LogP contribution in [0.25, 0.3) is 0 Å². The van der Waals surface area contributed by atoms with Gasteiger partial charge in [0, 0.05) is 24.3 Å². The van der Waals surface area contributed by atoms with Crippen molar-refractivity contribution < 1.29 is 9.53 Å². The summed E-state index contributed by atoms with van der Waals surface area (Å²) in [5.41, 5.74) is 1.60. The number of rotatable bonds is 8. The van der Waals surface area contributed by atoms with E-state index in [0.717, 1.165) is 24.3 Å². The molecule has 3 nitrogen and oxygen atoms in total. The number of carbonyl (C=O) groups is 1. The molecule has 0 aliphatic carbocycles. The highest BCUT2D eigenvalue weighted by Crippen LogP contribution is 2.16. The SMILES string of the molecule is CCC(=O)c1ccccc1NCOCCC(C)C. The summed E-state index contributed by atoms with van der Waals surface area (Å²) in [6.07, 6.45) is 1.57. The lowest BCUT2D eigenvalue weighted by molar-refractivity contribution is 0.0988. The first kappa shape index (κ1) is 14.7. The van der Waals surface area contributed by atoms with E-state index in [2.05, 4.69) is 19.2 Å². The van der Waals surface area contributed by atoms with Gasteiger partial charge in [0.1, 0.15) is 6.73 Å². The predicted octanol–water partition coefficient (Wildman–Crippen LogP) is 3.71. The van der Waals surface area contributed by atoms with Gasteiger partial charge in [-0.05, 0) is 24.5 Å². The Morgan fingerprint density at radius 2 is 2.06 bits per heavy atom. The molecule has 1 aromatic rings. The maximum Gasteiger partial charge on any atom is 0.164 e. The van der Waals surface area contributed by atoms with Crippen LogP contribution in [0.1, 0.15) is 44.0 Å². The fourth-order valence-electron chi connectivity index (χ4n) is 1.59. The first-order valence-corrected chi connectivity index (χ1v) is 6.59. The Morgan fingerprint density at radius 3 is 2.72 bits per heavy atom. The average molecular weight is 249 g/mol. The molecule has 0 heterocycles. The number of hydrogen-bond acceptors (Lipinski definition) is 3. The largest absolute Gasteiger partial charge is 0.362 e. The normalized spacial score (nSPS) is 10.7. The Hall–Kier alpha value is -1.35. The fraction of sp³-hybridized carbons (Fsp3) is 0.533. The number of benzene rings is 1. The van der Waals surface area contributed by atoms with Crippen molar-refractivity contribution in [3.63, 3.8) is 0 Å². The molecular weight excluding hydrogens is 226 g/mol. The molecule has 3 heteroatoms. The molecule has 1 aromatic carbocycles. The second-order valence-corrected chi connectivity index (χ2v) is 4.73. The summed E-state index contributed by atoms with van der Waals surface area (Å²) >= 11 is 0. The second kappa shape index (κ2) is 7.88. The summed E-state index contributed by atoms with van der Waals surface area (Å²) < 4.78 is 5.49. The minimum atomic E-state index is 0.153. The molecule has 0 spiro atoms. The van der Waals surface area contributed by atoms with E-state index < -0.39 is 0 Å². The van der Waals surface area contributed by atoms with E-state index in [9.17, 15) is 4.79 Å². The van der Waals surface area contributed by atoms with Crippen LogP contribution in [0, 0.1) is 5.92 Å². The average Bonchev–Trinajstić information content (AvgIpc) is 2.37. The number of nitrogens with one attached hydrogen (secondary N) is 1. The van der Waals surface area contributed by atoms with Gasteiger partial charge in [0.05, 0.1) is 0 Å². The van der Waals surface area contributed by atoms with Crippen LogP contribution in [0.3, 0.4) is 0 Å². The number of ketones is 1. The van der Waals surface area contributed by atoms with Gasteiger partial charge < -0.3 is 10.1 Å². The van der Waals surface area contributed by atoms with Gasteiger partial charge in [0.2, 0.25) is 0 Å². The molecule has 0 aliphatic heterocycles. The van der Waals surface area contributed by atoms with Crippen LogP contribution in [0.4, 0.5) is 5.69 Å². The monoisotopic (exact) mass is 249 g/mol. The Labute approximate surface area is 110 Å². The summed E-state index contributed by atoms with van der Waals surface area (Å²) in [6.45, 7) is 7.41. The fourth-order valence-corrected chi connectivity index (χ4v) is 1.59. The van der Waals surface area contributed by atoms with Crippen molar-refractivity contribution in [2.45, 2.75) is 33.6 Å². The second-order valence-electron chi connectivity index (χ2n) is 4.73. The third kappa shape index (κ3) is 4.88. The third-order valence-corrected chi connectivity index (χ3v) is 2.75. The van der Waals surface area contributed by atoms with Gasteiger partial charge in [-0.3, -0.25) is 4.79 Å². The molecule has 1 rings (SSSR count). The lowest BCUT2D eigenvalue weighted by atomic mass is 10.1. The Kier molecular flexibility index (Phi) is 6.44. The molecule has 0 radical (unpaired) electrons. The van der Waals surface area contributed by atoms with E-state index in [0.29, 0.717) is 19.1 Å². The number of anilines is 1. The van der Waals surface area contributed by atoms with Crippen molar-refractivity contribution in [3.05, 3.63) is 29.8 Å². The summed E-state index contributed by atoms with van der Waals surface area (Å²) in [5.74, 6) is 0.805. The number of carbonyl (C=O) groups excluding carboxylic acids is 1. The number of para-hydroxylation sites is 1. The highest BCUT2D eigenvalue weighted by molar-refractivity contribution is 6.00. The lowest BCUT2D eigenvalue weighted by Gasteiger charge is -2.11. The van der Waals surface area contributed by atoms with Crippen LogP contribution in [-0.2, 0) is 4.74 Å². The van der Waals surface area contributed by atoms with Gasteiger partial charge >= 0.3 is 0 Å². The van der Waals surface area contributed by atoms with Crippen LogP contribution in [0.5, 0.6) is 0 Å². The highest BCUT2D eigenvalue weighted by Gasteiger charge is 2.07. The van der Waals surface area contributed by atoms with Crippen molar-refractivity contribution in [1.82, 2.24) is 0 Å². The standard InChI is InChI=1S/C15H23NO2/c1-4-15(17)13-7-5-6-8-14(13)16-11-18-10-9-12(2)3/h5-8,12,16H,4,9-11H2,1-3H3. The summed E-state index contributed by atoms with van der Waals surface area (Å²) in [4.78, 5) is 11.7. The van der Waals surface area contributed by atoms with E-state index in [4.69, 9.17) is 4.74 Å². The zero-order valence-corrected chi connectivity index (χ0v) is 11.5. The molecule has 0 amide bonds. The minimum absolute atomic E-state index is 0.153. The van der Waals surface area contributed by atoms with E-state index >= 15 is 0 Å². The van der Waals surface area contributed by atoms with Gasteiger partial charge in [0.15, 0.2) is 5.78 Å². The van der Waals surface area contributed by atoms with Crippen LogP contribution >= 0.6 is 0 Å². The van der Waals surface area contributed by atoms with Gasteiger partial charge in [-0.15, -0.1) is 0 Å². The van der Waals surface area contributed by atoms with Gasteiger partial charge in [0.25, 0.3) is 0 Å². The number of ether oxygens (including phenoxy) is 1. The highest BCUT2D eigenvalue weighted by atomic mass is 16.5. The molecule has 0 fully saturated rings. The molecule has 0 unspecified atom stereocenters. The zero-order chi connectivity index (χ0) is 13.4. The van der Waals surface area contributed by atoms with E-state index in [1.165, 1.54) is 0 Å². The summed E-state index contributed by atoms with van der Waals surface area (Å²) in [6, 6.07) is 7.56. The Morgan fingerprint density at radius 1 is 1.33 bits per heavy atom. The minimum Gasteiger partial charge on any atom is -0.362 e. The first-order chi connectivity index (χ1) is 8.65. The van der Waals surface area contributed by atoms with Gasteiger partial charge in [-0.2, -0.15) is 0 Å². The Bertz CT molecular complexity index is 375. The summed E-state index contributed by atoms with van der Waals surface area (Å²) in [7, 11) is 0. The van der Waals surface area contributed by atoms with Gasteiger partial charge in [-0.1, -0.05) is 32.9 Å². The van der Waals surface area contributed by atoms with Crippen molar-refractivity contribution >= 4 is 11.5 Å². The van der Waals surface area contributed by atoms with Crippen molar-refractivity contribution in [2.75, 3.05) is 18.7 Å². The molecule has 0 aromatic heterocycles. The molecule has 0 saturated carbocycles. The van der Waals surface area contributed by atoms with E-state index in [1.54, 1.807) is 0 Å². The molecule has 0 bridgehead atoms. The first-order valence-electron chi connectivity index (χ1n) is 6.59. The summed E-state index contributed by atoms with van der Waals surface area (Å²) in [5, 5.41) is 3.16. The van der Waals surface area contributed by atoms with Crippen LogP contribution in [0.15, 0.2) is 24.3 Å². The molecular formula is C15H23NO2. The number of hydrogen-bond donors (Lipinski definition) is 1. The number of Topliss-reactive ketones (excluding diaryl/α,β-unsaturated/α-hetero) is 1. The van der Waals surface area contributed by atoms with E-state index in [-0.39, 0.29) is 5.78 Å².